The minimum Gasteiger partial charge on any atom is -0.496 e. The van der Waals surface area contributed by atoms with E-state index < -0.39 is 0 Å². The second kappa shape index (κ2) is 10.2. The zero-order valence-corrected chi connectivity index (χ0v) is 17.4. The number of ether oxygens (including phenoxy) is 1. The number of amides is 1. The molecular weight excluding hydrogens is 380 g/mol. The molecule has 0 saturated carbocycles. The van der Waals surface area contributed by atoms with Crippen molar-refractivity contribution in [2.75, 3.05) is 30.8 Å². The van der Waals surface area contributed by atoms with E-state index in [0.717, 1.165) is 16.9 Å². The number of aromatic nitrogens is 3. The number of carbonyl (C=O) groups is 1. The van der Waals surface area contributed by atoms with Crippen LogP contribution in [0.1, 0.15) is 17.0 Å². The van der Waals surface area contributed by atoms with Gasteiger partial charge in [0.1, 0.15) is 29.0 Å². The molecule has 8 heteroatoms. The second-order valence-corrected chi connectivity index (χ2v) is 6.78. The average Bonchev–Trinajstić information content (AvgIpc) is 2.72. The highest BCUT2D eigenvalue weighted by Crippen LogP contribution is 2.18. The zero-order chi connectivity index (χ0) is 21.3. The molecule has 1 aromatic carbocycles. The highest BCUT2D eigenvalue weighted by atomic mass is 16.5. The van der Waals surface area contributed by atoms with Gasteiger partial charge in [-0.1, -0.05) is 18.2 Å². The number of hydrogen-bond donors (Lipinski definition) is 3. The van der Waals surface area contributed by atoms with Crippen molar-refractivity contribution in [3.05, 3.63) is 65.6 Å². The van der Waals surface area contributed by atoms with Gasteiger partial charge in [-0.05, 0) is 43.2 Å². The van der Waals surface area contributed by atoms with Crippen molar-refractivity contribution in [1.29, 1.82) is 0 Å². The summed E-state index contributed by atoms with van der Waals surface area (Å²) < 4.78 is 5.25. The average molecular weight is 406 g/mol. The molecule has 0 unspecified atom stereocenters. The van der Waals surface area contributed by atoms with Crippen LogP contribution < -0.4 is 20.7 Å². The predicted molar refractivity (Wildman–Crippen MR) is 117 cm³/mol. The molecule has 3 aromatic rings. The normalized spacial score (nSPS) is 10.4. The van der Waals surface area contributed by atoms with Gasteiger partial charge in [0.15, 0.2) is 0 Å². The summed E-state index contributed by atoms with van der Waals surface area (Å²) in [5.74, 6) is 3.47. The van der Waals surface area contributed by atoms with Crippen LogP contribution in [0.2, 0.25) is 0 Å². The molecule has 30 heavy (non-hydrogen) atoms. The van der Waals surface area contributed by atoms with E-state index in [1.807, 2.05) is 56.3 Å². The largest absolute Gasteiger partial charge is 0.496 e. The number of methoxy groups -OCH3 is 1. The van der Waals surface area contributed by atoms with E-state index in [1.54, 1.807) is 13.3 Å². The standard InChI is InChI=1S/C22H26N6O2/c1-15-12-17(7-8-18(15)30-3)13-22(29)25-11-10-24-20-14-21(27-16(2)26-20)28-19-6-4-5-9-23-19/h4-9,12,14H,10-11,13H2,1-3H3,(H,25,29)(H2,23,24,26,27,28). The molecule has 3 rings (SSSR count). The van der Waals surface area contributed by atoms with Crippen molar-refractivity contribution in [3.8, 4) is 5.75 Å². The van der Waals surface area contributed by atoms with E-state index in [-0.39, 0.29) is 5.91 Å². The van der Waals surface area contributed by atoms with Crippen molar-refractivity contribution in [1.82, 2.24) is 20.3 Å². The summed E-state index contributed by atoms with van der Waals surface area (Å²) >= 11 is 0. The van der Waals surface area contributed by atoms with Crippen LogP contribution in [0, 0.1) is 13.8 Å². The fourth-order valence-electron chi connectivity index (χ4n) is 2.98. The molecule has 8 nitrogen and oxygen atoms in total. The Morgan fingerprint density at radius 3 is 2.57 bits per heavy atom. The van der Waals surface area contributed by atoms with Gasteiger partial charge in [-0.3, -0.25) is 4.79 Å². The summed E-state index contributed by atoms with van der Waals surface area (Å²) in [5, 5.41) is 9.28. The first kappa shape index (κ1) is 21.0. The van der Waals surface area contributed by atoms with Gasteiger partial charge in [-0.15, -0.1) is 0 Å². The molecule has 2 heterocycles. The number of aryl methyl sites for hydroxylation is 2. The van der Waals surface area contributed by atoms with Gasteiger partial charge in [0.05, 0.1) is 13.5 Å². The maximum Gasteiger partial charge on any atom is 0.224 e. The van der Waals surface area contributed by atoms with Crippen molar-refractivity contribution < 1.29 is 9.53 Å². The van der Waals surface area contributed by atoms with Crippen molar-refractivity contribution in [2.45, 2.75) is 20.3 Å². The molecule has 0 aliphatic rings. The SMILES string of the molecule is COc1ccc(CC(=O)NCCNc2cc(Nc3ccccn3)nc(C)n2)cc1C. The first-order valence-electron chi connectivity index (χ1n) is 9.71. The summed E-state index contributed by atoms with van der Waals surface area (Å²) in [6.07, 6.45) is 2.04. The van der Waals surface area contributed by atoms with Gasteiger partial charge >= 0.3 is 0 Å². The highest BCUT2D eigenvalue weighted by molar-refractivity contribution is 5.78. The lowest BCUT2D eigenvalue weighted by Gasteiger charge is -2.11. The molecule has 2 aromatic heterocycles. The van der Waals surface area contributed by atoms with Gasteiger partial charge in [-0.25, -0.2) is 15.0 Å². The third-order valence-electron chi connectivity index (χ3n) is 4.34. The number of rotatable bonds is 9. The van der Waals surface area contributed by atoms with Gasteiger partial charge in [0.2, 0.25) is 5.91 Å². The lowest BCUT2D eigenvalue weighted by molar-refractivity contribution is -0.120. The Hall–Kier alpha value is -3.68. The Bertz CT molecular complexity index is 994. The Morgan fingerprint density at radius 2 is 1.83 bits per heavy atom. The first-order valence-corrected chi connectivity index (χ1v) is 9.71. The number of pyridine rings is 1. The van der Waals surface area contributed by atoms with Crippen LogP contribution >= 0.6 is 0 Å². The lowest BCUT2D eigenvalue weighted by atomic mass is 10.1. The molecule has 156 valence electrons. The minimum atomic E-state index is -0.0299. The van der Waals surface area contributed by atoms with Crippen LogP contribution in [-0.4, -0.2) is 41.1 Å². The molecule has 3 N–H and O–H groups in total. The summed E-state index contributed by atoms with van der Waals surface area (Å²) in [6, 6.07) is 13.2. The number of nitrogens with one attached hydrogen (secondary N) is 3. The van der Waals surface area contributed by atoms with E-state index in [1.165, 1.54) is 0 Å². The second-order valence-electron chi connectivity index (χ2n) is 6.78. The maximum atomic E-state index is 12.2. The molecule has 0 spiro atoms. The Labute approximate surface area is 176 Å². The molecule has 0 atom stereocenters. The zero-order valence-electron chi connectivity index (χ0n) is 17.4. The van der Waals surface area contributed by atoms with Crippen LogP contribution in [0.25, 0.3) is 0 Å². The van der Waals surface area contributed by atoms with E-state index in [9.17, 15) is 4.79 Å². The molecule has 1 amide bonds. The van der Waals surface area contributed by atoms with E-state index in [2.05, 4.69) is 30.9 Å². The monoisotopic (exact) mass is 406 g/mol. The van der Waals surface area contributed by atoms with E-state index in [0.29, 0.717) is 42.8 Å². The number of benzene rings is 1. The molecule has 0 radical (unpaired) electrons. The molecule has 0 aliphatic heterocycles. The van der Waals surface area contributed by atoms with Crippen molar-refractivity contribution >= 4 is 23.4 Å². The van der Waals surface area contributed by atoms with Gasteiger partial charge < -0.3 is 20.7 Å². The van der Waals surface area contributed by atoms with Crippen LogP contribution in [0.3, 0.4) is 0 Å². The molecule has 0 bridgehead atoms. The van der Waals surface area contributed by atoms with E-state index >= 15 is 0 Å². The van der Waals surface area contributed by atoms with Crippen molar-refractivity contribution in [3.63, 3.8) is 0 Å². The minimum absolute atomic E-state index is 0.0299. The predicted octanol–water partition coefficient (Wildman–Crippen LogP) is 3.01. The van der Waals surface area contributed by atoms with Gasteiger partial charge in [0.25, 0.3) is 0 Å². The smallest absolute Gasteiger partial charge is 0.224 e. The highest BCUT2D eigenvalue weighted by Gasteiger charge is 2.06. The summed E-state index contributed by atoms with van der Waals surface area (Å²) in [4.78, 5) is 25.2. The summed E-state index contributed by atoms with van der Waals surface area (Å²) in [5.41, 5.74) is 1.97. The first-order chi connectivity index (χ1) is 14.5. The number of nitrogens with zero attached hydrogens (tertiary/aromatic N) is 3. The lowest BCUT2D eigenvalue weighted by Crippen LogP contribution is -2.30. The van der Waals surface area contributed by atoms with Gasteiger partial charge in [-0.2, -0.15) is 0 Å². The third-order valence-corrected chi connectivity index (χ3v) is 4.34. The molecule has 0 aliphatic carbocycles. The third kappa shape index (κ3) is 6.16. The van der Waals surface area contributed by atoms with Gasteiger partial charge in [0, 0.05) is 25.4 Å². The molecule has 0 saturated heterocycles. The van der Waals surface area contributed by atoms with E-state index in [4.69, 9.17) is 4.74 Å². The Balaban J connectivity index is 1.47. The fraction of sp³-hybridized carbons (Fsp3) is 0.273. The van der Waals surface area contributed by atoms with Crippen LogP contribution in [-0.2, 0) is 11.2 Å². The van der Waals surface area contributed by atoms with Crippen LogP contribution in [0.5, 0.6) is 5.75 Å². The summed E-state index contributed by atoms with van der Waals surface area (Å²) in [7, 11) is 1.64. The van der Waals surface area contributed by atoms with Crippen LogP contribution in [0.15, 0.2) is 48.7 Å². The number of hydrogen-bond acceptors (Lipinski definition) is 7. The Morgan fingerprint density at radius 1 is 1.00 bits per heavy atom. The molecule has 0 fully saturated rings. The Kier molecular flexibility index (Phi) is 7.15. The quantitative estimate of drug-likeness (QED) is 0.470. The topological polar surface area (TPSA) is 101 Å². The number of anilines is 3. The molecular formula is C22H26N6O2. The number of carbonyl (C=O) groups excluding carboxylic acids is 1. The maximum absolute atomic E-state index is 12.2. The fourth-order valence-corrected chi connectivity index (χ4v) is 2.98. The van der Waals surface area contributed by atoms with Crippen molar-refractivity contribution in [2.24, 2.45) is 0 Å². The van der Waals surface area contributed by atoms with Crippen LogP contribution in [0.4, 0.5) is 17.5 Å². The summed E-state index contributed by atoms with van der Waals surface area (Å²) in [6.45, 7) is 4.82.